The third-order valence-corrected chi connectivity index (χ3v) is 2.16. The van der Waals surface area contributed by atoms with Gasteiger partial charge in [0, 0.05) is 3.57 Å². The van der Waals surface area contributed by atoms with Crippen molar-refractivity contribution >= 4 is 22.6 Å². The minimum absolute atomic E-state index is 0.173. The maximum Gasteiger partial charge on any atom is 0.162 e. The molecule has 0 aliphatic rings. The minimum Gasteiger partial charge on any atom is -0.493 e. The topological polar surface area (TPSA) is 18.5 Å². The molecule has 13 heavy (non-hydrogen) atoms. The van der Waals surface area contributed by atoms with Crippen LogP contribution in [0.25, 0.3) is 0 Å². The first-order valence-corrected chi connectivity index (χ1v) is 5.21. The molecule has 0 heterocycles. The van der Waals surface area contributed by atoms with E-state index >= 15 is 0 Å². The van der Waals surface area contributed by atoms with Gasteiger partial charge in [0.1, 0.15) is 0 Å². The SMILES string of the molecule is COc1ccc(I)cc1OC(C)C. The summed E-state index contributed by atoms with van der Waals surface area (Å²) >= 11 is 2.25. The van der Waals surface area contributed by atoms with Crippen molar-refractivity contribution in [1.82, 2.24) is 0 Å². The van der Waals surface area contributed by atoms with Crippen molar-refractivity contribution in [2.75, 3.05) is 7.11 Å². The summed E-state index contributed by atoms with van der Waals surface area (Å²) in [5, 5.41) is 0. The summed E-state index contributed by atoms with van der Waals surface area (Å²) < 4.78 is 11.9. The van der Waals surface area contributed by atoms with Crippen LogP contribution >= 0.6 is 22.6 Å². The highest BCUT2D eigenvalue weighted by molar-refractivity contribution is 14.1. The number of rotatable bonds is 3. The summed E-state index contributed by atoms with van der Waals surface area (Å²) in [6.45, 7) is 4.00. The number of ether oxygens (including phenoxy) is 2. The largest absolute Gasteiger partial charge is 0.493 e. The van der Waals surface area contributed by atoms with E-state index in [4.69, 9.17) is 9.47 Å². The fourth-order valence-corrected chi connectivity index (χ4v) is 1.46. The summed E-state index contributed by atoms with van der Waals surface area (Å²) in [6.07, 6.45) is 0.173. The van der Waals surface area contributed by atoms with Gasteiger partial charge in [0.25, 0.3) is 0 Å². The number of hydrogen-bond acceptors (Lipinski definition) is 2. The van der Waals surface area contributed by atoms with Crippen molar-refractivity contribution < 1.29 is 9.47 Å². The highest BCUT2D eigenvalue weighted by atomic mass is 127. The fourth-order valence-electron chi connectivity index (χ4n) is 0.997. The average Bonchev–Trinajstić information content (AvgIpc) is 2.03. The third kappa shape index (κ3) is 3.06. The zero-order chi connectivity index (χ0) is 9.84. The Labute approximate surface area is 92.4 Å². The molecule has 2 nitrogen and oxygen atoms in total. The van der Waals surface area contributed by atoms with Crippen LogP contribution in [0.4, 0.5) is 0 Å². The first-order valence-electron chi connectivity index (χ1n) is 4.13. The molecule has 0 radical (unpaired) electrons. The standard InChI is InChI=1S/C10H13IO2/c1-7(2)13-10-6-8(11)4-5-9(10)12-3/h4-7H,1-3H3. The summed E-state index contributed by atoms with van der Waals surface area (Å²) in [6, 6.07) is 5.88. The zero-order valence-corrected chi connectivity index (χ0v) is 10.2. The summed E-state index contributed by atoms with van der Waals surface area (Å²) in [7, 11) is 1.65. The van der Waals surface area contributed by atoms with Gasteiger partial charge in [-0.25, -0.2) is 0 Å². The maximum atomic E-state index is 5.59. The first kappa shape index (κ1) is 10.6. The molecule has 1 aromatic carbocycles. The second-order valence-electron chi connectivity index (χ2n) is 2.96. The van der Waals surface area contributed by atoms with Gasteiger partial charge in [0.15, 0.2) is 11.5 Å². The summed E-state index contributed by atoms with van der Waals surface area (Å²) in [5.41, 5.74) is 0. The molecule has 0 aliphatic carbocycles. The lowest BCUT2D eigenvalue weighted by molar-refractivity contribution is 0.230. The van der Waals surface area contributed by atoms with Crippen LogP contribution in [0.2, 0.25) is 0 Å². The van der Waals surface area contributed by atoms with E-state index in [0.29, 0.717) is 0 Å². The number of methoxy groups -OCH3 is 1. The average molecular weight is 292 g/mol. The monoisotopic (exact) mass is 292 g/mol. The van der Waals surface area contributed by atoms with Crippen LogP contribution in [-0.4, -0.2) is 13.2 Å². The lowest BCUT2D eigenvalue weighted by Crippen LogP contribution is -2.06. The van der Waals surface area contributed by atoms with Gasteiger partial charge < -0.3 is 9.47 Å². The van der Waals surface area contributed by atoms with Gasteiger partial charge in [-0.3, -0.25) is 0 Å². The first-order chi connectivity index (χ1) is 6.13. The summed E-state index contributed by atoms with van der Waals surface area (Å²) in [4.78, 5) is 0. The van der Waals surface area contributed by atoms with Crippen LogP contribution in [0.3, 0.4) is 0 Å². The van der Waals surface area contributed by atoms with Crippen molar-refractivity contribution in [2.24, 2.45) is 0 Å². The number of hydrogen-bond donors (Lipinski definition) is 0. The van der Waals surface area contributed by atoms with E-state index in [-0.39, 0.29) is 6.10 Å². The van der Waals surface area contributed by atoms with Gasteiger partial charge in [-0.2, -0.15) is 0 Å². The molecule has 0 N–H and O–H groups in total. The maximum absolute atomic E-state index is 5.59. The zero-order valence-electron chi connectivity index (χ0n) is 8.00. The van der Waals surface area contributed by atoms with Gasteiger partial charge in [-0.05, 0) is 54.6 Å². The Hall–Kier alpha value is -0.450. The predicted octanol–water partition coefficient (Wildman–Crippen LogP) is 3.09. The van der Waals surface area contributed by atoms with Gasteiger partial charge in [-0.15, -0.1) is 0 Å². The molecule has 0 aromatic heterocycles. The van der Waals surface area contributed by atoms with E-state index < -0.39 is 0 Å². The number of benzene rings is 1. The predicted molar refractivity (Wildman–Crippen MR) is 61.5 cm³/mol. The van der Waals surface area contributed by atoms with Crippen LogP contribution in [-0.2, 0) is 0 Å². The van der Waals surface area contributed by atoms with Gasteiger partial charge in [-0.1, -0.05) is 0 Å². The summed E-state index contributed by atoms with van der Waals surface area (Å²) in [5.74, 6) is 1.60. The van der Waals surface area contributed by atoms with E-state index in [1.165, 1.54) is 0 Å². The van der Waals surface area contributed by atoms with Crippen molar-refractivity contribution in [3.63, 3.8) is 0 Å². The van der Waals surface area contributed by atoms with Crippen LogP contribution in [0.5, 0.6) is 11.5 Å². The molecule has 0 bridgehead atoms. The third-order valence-electron chi connectivity index (χ3n) is 1.49. The Balaban J connectivity index is 2.94. The molecule has 0 fully saturated rings. The van der Waals surface area contributed by atoms with E-state index in [0.717, 1.165) is 15.1 Å². The smallest absolute Gasteiger partial charge is 0.162 e. The van der Waals surface area contributed by atoms with E-state index in [9.17, 15) is 0 Å². The normalized spacial score (nSPS) is 10.2. The lowest BCUT2D eigenvalue weighted by atomic mass is 10.3. The number of halogens is 1. The molecule has 0 aliphatic heterocycles. The van der Waals surface area contributed by atoms with E-state index in [1.807, 2.05) is 32.0 Å². The lowest BCUT2D eigenvalue weighted by Gasteiger charge is -2.13. The molecular weight excluding hydrogens is 279 g/mol. The van der Waals surface area contributed by atoms with Crippen LogP contribution in [0.15, 0.2) is 18.2 Å². The highest BCUT2D eigenvalue weighted by Crippen LogP contribution is 2.29. The van der Waals surface area contributed by atoms with Crippen LogP contribution < -0.4 is 9.47 Å². The molecule has 1 aromatic rings. The fraction of sp³-hybridized carbons (Fsp3) is 0.400. The van der Waals surface area contributed by atoms with Gasteiger partial charge in [0.2, 0.25) is 0 Å². The quantitative estimate of drug-likeness (QED) is 0.797. The second kappa shape index (κ2) is 4.69. The Morgan fingerprint density at radius 1 is 1.23 bits per heavy atom. The molecule has 0 atom stereocenters. The van der Waals surface area contributed by atoms with Gasteiger partial charge in [0.05, 0.1) is 13.2 Å². The molecule has 0 amide bonds. The molecule has 72 valence electrons. The molecule has 0 spiro atoms. The molecule has 1 rings (SSSR count). The Morgan fingerprint density at radius 3 is 2.46 bits per heavy atom. The van der Waals surface area contributed by atoms with Crippen LogP contribution in [0, 0.1) is 3.57 Å². The minimum atomic E-state index is 0.173. The molecular formula is C10H13IO2. The molecule has 0 unspecified atom stereocenters. The van der Waals surface area contributed by atoms with Crippen molar-refractivity contribution in [3.05, 3.63) is 21.8 Å². The van der Waals surface area contributed by atoms with Crippen molar-refractivity contribution in [2.45, 2.75) is 20.0 Å². The molecule has 0 saturated carbocycles. The van der Waals surface area contributed by atoms with E-state index in [1.54, 1.807) is 7.11 Å². The molecule has 0 saturated heterocycles. The van der Waals surface area contributed by atoms with Gasteiger partial charge >= 0.3 is 0 Å². The Kier molecular flexibility index (Phi) is 3.84. The Bertz CT molecular complexity index is 284. The Morgan fingerprint density at radius 2 is 1.92 bits per heavy atom. The molecule has 3 heteroatoms. The van der Waals surface area contributed by atoms with Crippen LogP contribution in [0.1, 0.15) is 13.8 Å². The van der Waals surface area contributed by atoms with E-state index in [2.05, 4.69) is 22.6 Å². The second-order valence-corrected chi connectivity index (χ2v) is 4.21. The van der Waals surface area contributed by atoms with Crippen molar-refractivity contribution in [1.29, 1.82) is 0 Å². The van der Waals surface area contributed by atoms with Crippen molar-refractivity contribution in [3.8, 4) is 11.5 Å². The highest BCUT2D eigenvalue weighted by Gasteiger charge is 2.05.